The highest BCUT2D eigenvalue weighted by molar-refractivity contribution is 5.93. The van der Waals surface area contributed by atoms with Gasteiger partial charge in [0.1, 0.15) is 0 Å². The van der Waals surface area contributed by atoms with Crippen molar-refractivity contribution in [2.75, 3.05) is 13.1 Å². The molecule has 168 valence electrons. The van der Waals surface area contributed by atoms with Gasteiger partial charge < -0.3 is 10.0 Å². The van der Waals surface area contributed by atoms with E-state index >= 15 is 0 Å². The normalized spacial score (nSPS) is 19.5. The lowest BCUT2D eigenvalue weighted by molar-refractivity contribution is -0.192. The Labute approximate surface area is 172 Å². The van der Waals surface area contributed by atoms with E-state index in [1.54, 1.807) is 17.6 Å². The van der Waals surface area contributed by atoms with Crippen molar-refractivity contribution in [2.45, 2.75) is 52.0 Å². The second kappa shape index (κ2) is 10.9. The number of rotatable bonds is 4. The Bertz CT molecular complexity index is 728. The molecule has 30 heavy (non-hydrogen) atoms. The Kier molecular flexibility index (Phi) is 9.24. The van der Waals surface area contributed by atoms with Crippen LogP contribution in [0.4, 0.5) is 13.2 Å². The summed E-state index contributed by atoms with van der Waals surface area (Å²) in [5.74, 6) is -3.05. The molecule has 2 atom stereocenters. The van der Waals surface area contributed by atoms with E-state index in [0.29, 0.717) is 12.0 Å². The standard InChI is InChI=1S/C17H25N3O3.C2HF3O2/c1-4-16(21)20-12(2)9-19(10-13(20)3)11-14-5-7-15(8-6-14)17(22)18-23;3-2(4,5)1(6)7/h5-8,12-13,23H,4,9-11H2,1-3H3,(H,18,22);(H,6,7)/t12-,13+;. The molecule has 1 saturated heterocycles. The van der Waals surface area contributed by atoms with Crippen molar-refractivity contribution in [3.63, 3.8) is 0 Å². The minimum Gasteiger partial charge on any atom is -0.475 e. The Morgan fingerprint density at radius 3 is 1.93 bits per heavy atom. The van der Waals surface area contributed by atoms with Crippen LogP contribution in [0.2, 0.25) is 0 Å². The number of halogens is 3. The van der Waals surface area contributed by atoms with Crippen LogP contribution in [0.5, 0.6) is 0 Å². The van der Waals surface area contributed by atoms with Gasteiger partial charge in [0.15, 0.2) is 0 Å². The third-order valence-corrected chi connectivity index (χ3v) is 4.55. The molecule has 1 aliphatic heterocycles. The van der Waals surface area contributed by atoms with Gasteiger partial charge in [-0.25, -0.2) is 10.3 Å². The highest BCUT2D eigenvalue weighted by atomic mass is 19.4. The molecule has 3 N–H and O–H groups in total. The number of piperazine rings is 1. The summed E-state index contributed by atoms with van der Waals surface area (Å²) < 4.78 is 31.7. The Morgan fingerprint density at radius 1 is 1.10 bits per heavy atom. The van der Waals surface area contributed by atoms with Crippen molar-refractivity contribution in [3.8, 4) is 0 Å². The molecule has 0 aliphatic carbocycles. The van der Waals surface area contributed by atoms with Crippen LogP contribution < -0.4 is 5.48 Å². The van der Waals surface area contributed by atoms with Gasteiger partial charge in [0.05, 0.1) is 0 Å². The number of amides is 2. The van der Waals surface area contributed by atoms with Crippen molar-refractivity contribution >= 4 is 17.8 Å². The van der Waals surface area contributed by atoms with Crippen LogP contribution in [0.15, 0.2) is 24.3 Å². The number of benzene rings is 1. The molecular formula is C19H26F3N3O5. The van der Waals surface area contributed by atoms with E-state index in [1.807, 2.05) is 24.0 Å². The maximum atomic E-state index is 12.0. The molecule has 0 aromatic heterocycles. The van der Waals surface area contributed by atoms with Crippen LogP contribution in [0.1, 0.15) is 43.1 Å². The smallest absolute Gasteiger partial charge is 0.475 e. The van der Waals surface area contributed by atoms with Gasteiger partial charge in [-0.1, -0.05) is 19.1 Å². The zero-order valence-corrected chi connectivity index (χ0v) is 16.9. The number of nitrogens with one attached hydrogen (secondary N) is 1. The largest absolute Gasteiger partial charge is 0.490 e. The van der Waals surface area contributed by atoms with Crippen LogP contribution in [-0.4, -0.2) is 69.2 Å². The van der Waals surface area contributed by atoms with Gasteiger partial charge >= 0.3 is 12.1 Å². The summed E-state index contributed by atoms with van der Waals surface area (Å²) in [4.78, 5) is 36.6. The highest BCUT2D eigenvalue weighted by Gasteiger charge is 2.38. The summed E-state index contributed by atoms with van der Waals surface area (Å²) in [6, 6.07) is 7.58. The summed E-state index contributed by atoms with van der Waals surface area (Å²) in [6.07, 6.45) is -4.54. The van der Waals surface area contributed by atoms with Crippen LogP contribution in [-0.2, 0) is 16.1 Å². The second-order valence-corrected chi connectivity index (χ2v) is 6.99. The number of hydrogen-bond acceptors (Lipinski definition) is 5. The maximum absolute atomic E-state index is 12.0. The molecule has 8 nitrogen and oxygen atoms in total. The molecule has 1 aromatic rings. The Hall–Kier alpha value is -2.66. The molecule has 2 amide bonds. The van der Waals surface area contributed by atoms with Crippen LogP contribution in [0.25, 0.3) is 0 Å². The zero-order chi connectivity index (χ0) is 23.1. The predicted octanol–water partition coefficient (Wildman–Crippen LogP) is 2.27. The Balaban J connectivity index is 0.000000553. The van der Waals surface area contributed by atoms with Gasteiger partial charge in [-0.05, 0) is 31.5 Å². The zero-order valence-electron chi connectivity index (χ0n) is 16.9. The SMILES string of the molecule is CCC(=O)N1[C@H](C)CN(Cc2ccc(C(=O)NO)cc2)C[C@@H]1C.O=C(O)C(F)(F)F. The third-order valence-electron chi connectivity index (χ3n) is 4.55. The number of carbonyl (C=O) groups excluding carboxylic acids is 2. The van der Waals surface area contributed by atoms with E-state index in [9.17, 15) is 22.8 Å². The molecule has 0 radical (unpaired) electrons. The fraction of sp³-hybridized carbons (Fsp3) is 0.526. The number of hydroxylamine groups is 1. The van der Waals surface area contributed by atoms with Gasteiger partial charge in [0, 0.05) is 43.7 Å². The van der Waals surface area contributed by atoms with Crippen LogP contribution in [0.3, 0.4) is 0 Å². The lowest BCUT2D eigenvalue weighted by Gasteiger charge is -2.44. The predicted molar refractivity (Wildman–Crippen MR) is 101 cm³/mol. The molecule has 0 saturated carbocycles. The van der Waals surface area contributed by atoms with Gasteiger partial charge in [-0.15, -0.1) is 0 Å². The molecular weight excluding hydrogens is 407 g/mol. The number of hydrogen-bond donors (Lipinski definition) is 3. The summed E-state index contributed by atoms with van der Waals surface area (Å²) >= 11 is 0. The number of aliphatic carboxylic acids is 1. The first kappa shape index (κ1) is 25.4. The van der Waals surface area contributed by atoms with E-state index in [4.69, 9.17) is 15.1 Å². The number of carboxylic acids is 1. The fourth-order valence-electron chi connectivity index (χ4n) is 3.32. The average molecular weight is 433 g/mol. The first-order valence-corrected chi connectivity index (χ1v) is 9.27. The molecule has 1 fully saturated rings. The molecule has 0 spiro atoms. The molecule has 0 bridgehead atoms. The molecule has 1 aliphatic rings. The first-order valence-electron chi connectivity index (χ1n) is 9.27. The summed E-state index contributed by atoms with van der Waals surface area (Å²) in [5, 5.41) is 15.8. The topological polar surface area (TPSA) is 110 Å². The van der Waals surface area contributed by atoms with Gasteiger partial charge in [-0.2, -0.15) is 13.2 Å². The quantitative estimate of drug-likeness (QED) is 0.496. The summed E-state index contributed by atoms with van der Waals surface area (Å²) in [6.45, 7) is 8.54. The molecule has 0 unspecified atom stereocenters. The number of alkyl halides is 3. The molecule has 11 heteroatoms. The van der Waals surface area contributed by atoms with Gasteiger partial charge in [0.25, 0.3) is 5.91 Å². The first-order chi connectivity index (χ1) is 13.9. The van der Waals surface area contributed by atoms with Crippen molar-refractivity contribution in [1.82, 2.24) is 15.3 Å². The van der Waals surface area contributed by atoms with Crippen LogP contribution in [0, 0.1) is 0 Å². The molecule has 1 aromatic carbocycles. The molecule has 2 rings (SSSR count). The van der Waals surface area contributed by atoms with Gasteiger partial charge in [0.2, 0.25) is 5.91 Å². The minimum atomic E-state index is -5.08. The lowest BCUT2D eigenvalue weighted by Crippen LogP contribution is -2.58. The van der Waals surface area contributed by atoms with Crippen molar-refractivity contribution in [3.05, 3.63) is 35.4 Å². The van der Waals surface area contributed by atoms with E-state index in [2.05, 4.69) is 18.7 Å². The van der Waals surface area contributed by atoms with E-state index in [-0.39, 0.29) is 18.0 Å². The van der Waals surface area contributed by atoms with Crippen molar-refractivity contribution < 1.29 is 37.9 Å². The monoisotopic (exact) mass is 433 g/mol. The molecule has 1 heterocycles. The van der Waals surface area contributed by atoms with Crippen molar-refractivity contribution in [1.29, 1.82) is 0 Å². The van der Waals surface area contributed by atoms with Crippen LogP contribution >= 0.6 is 0 Å². The van der Waals surface area contributed by atoms with E-state index in [0.717, 1.165) is 25.2 Å². The summed E-state index contributed by atoms with van der Waals surface area (Å²) in [5.41, 5.74) is 3.16. The van der Waals surface area contributed by atoms with E-state index < -0.39 is 18.1 Å². The third kappa shape index (κ3) is 7.30. The summed E-state index contributed by atoms with van der Waals surface area (Å²) in [7, 11) is 0. The number of carboxylic acid groups (broad SMARTS) is 1. The Morgan fingerprint density at radius 2 is 1.57 bits per heavy atom. The van der Waals surface area contributed by atoms with Gasteiger partial charge in [-0.3, -0.25) is 19.7 Å². The van der Waals surface area contributed by atoms with Crippen molar-refractivity contribution in [2.24, 2.45) is 0 Å². The van der Waals surface area contributed by atoms with E-state index in [1.165, 1.54) is 0 Å². The number of nitrogens with zero attached hydrogens (tertiary/aromatic N) is 2. The average Bonchev–Trinajstić information content (AvgIpc) is 2.67. The second-order valence-electron chi connectivity index (χ2n) is 6.99. The number of carbonyl (C=O) groups is 3. The highest BCUT2D eigenvalue weighted by Crippen LogP contribution is 2.19. The fourth-order valence-corrected chi connectivity index (χ4v) is 3.32. The lowest BCUT2D eigenvalue weighted by atomic mass is 10.1. The maximum Gasteiger partial charge on any atom is 0.490 e. The minimum absolute atomic E-state index is 0.200.